The number of fused-ring (bicyclic) bond motifs is 17. The number of nitrogens with zero attached hydrogens (tertiary/aromatic N) is 4. The first-order chi connectivity index (χ1) is 48.9. The summed E-state index contributed by atoms with van der Waals surface area (Å²) in [6, 6.07) is 87.3. The molecule has 0 N–H and O–H groups in total. The van der Waals surface area contributed by atoms with Gasteiger partial charge in [0.15, 0.2) is 0 Å². The van der Waals surface area contributed by atoms with E-state index in [-0.39, 0.29) is 39.2 Å². The molecule has 0 bridgehead atoms. The molecule has 510 valence electrons. The van der Waals surface area contributed by atoms with E-state index in [1.807, 2.05) is 11.3 Å². The summed E-state index contributed by atoms with van der Waals surface area (Å²) >= 11 is 1.94. The van der Waals surface area contributed by atoms with Gasteiger partial charge in [-0.15, -0.1) is 11.3 Å². The van der Waals surface area contributed by atoms with E-state index in [0.717, 1.165) is 78.7 Å². The third-order valence-electron chi connectivity index (χ3n) is 22.8. The Morgan fingerprint density at radius 2 is 0.699 bits per heavy atom. The average Bonchev–Trinajstić information content (AvgIpc) is 1.67. The van der Waals surface area contributed by atoms with Crippen molar-refractivity contribution in [3.8, 4) is 39.7 Å². The summed E-state index contributed by atoms with van der Waals surface area (Å²) in [4.78, 5) is 2.65. The number of thiophene rings is 1. The van der Waals surface area contributed by atoms with Crippen LogP contribution in [0.1, 0.15) is 158 Å². The Morgan fingerprint density at radius 1 is 0.301 bits per heavy atom. The maximum Gasteiger partial charge on any atom is 0.258 e. The maximum absolute atomic E-state index is 7.98. The molecule has 5 nitrogen and oxygen atoms in total. The Morgan fingerprint density at radius 3 is 1.17 bits per heavy atom. The lowest BCUT2D eigenvalue weighted by molar-refractivity contribution is 0.487. The first kappa shape index (κ1) is 65.0. The molecule has 6 heterocycles. The quantitative estimate of drug-likeness (QED) is 0.161. The van der Waals surface area contributed by atoms with Gasteiger partial charge in [0.25, 0.3) is 6.71 Å². The zero-order chi connectivity index (χ0) is 71.7. The van der Waals surface area contributed by atoms with Gasteiger partial charge in [0, 0.05) is 87.2 Å². The van der Waals surface area contributed by atoms with Gasteiger partial charge in [0.2, 0.25) is 0 Å². The number of para-hydroxylation sites is 1. The van der Waals surface area contributed by atoms with Crippen LogP contribution in [0.3, 0.4) is 0 Å². The third kappa shape index (κ3) is 10.1. The van der Waals surface area contributed by atoms with Crippen LogP contribution in [0.4, 0.5) is 17.1 Å². The fourth-order valence-electron chi connectivity index (χ4n) is 17.0. The predicted molar refractivity (Wildman–Crippen MR) is 446 cm³/mol. The lowest BCUT2D eigenvalue weighted by Crippen LogP contribution is -2.59. The van der Waals surface area contributed by atoms with Crippen molar-refractivity contribution in [2.24, 2.45) is 0 Å². The Labute approximate surface area is 611 Å². The van der Waals surface area contributed by atoms with Gasteiger partial charge >= 0.3 is 0 Å². The van der Waals surface area contributed by atoms with Gasteiger partial charge < -0.3 is 23.3 Å². The Bertz CT molecular complexity index is 6070. The lowest BCUT2D eigenvalue weighted by atomic mass is 9.34. The van der Waals surface area contributed by atoms with Crippen LogP contribution >= 0.6 is 11.3 Å². The van der Waals surface area contributed by atoms with Crippen LogP contribution in [0.2, 0.25) is 0 Å². The first-order valence-corrected chi connectivity index (χ1v) is 37.9. The minimum Gasteiger partial charge on any atom is -0.458 e. The molecule has 7 heteroatoms. The van der Waals surface area contributed by atoms with E-state index in [1.54, 1.807) is 0 Å². The van der Waals surface area contributed by atoms with E-state index in [1.165, 1.54) is 113 Å². The van der Waals surface area contributed by atoms with Gasteiger partial charge in [-0.25, -0.2) is 0 Å². The van der Waals surface area contributed by atoms with Gasteiger partial charge in [-0.1, -0.05) is 234 Å². The van der Waals surface area contributed by atoms with Crippen LogP contribution in [0.15, 0.2) is 224 Å². The van der Waals surface area contributed by atoms with Crippen LogP contribution < -0.4 is 26.0 Å². The summed E-state index contributed by atoms with van der Waals surface area (Å²) in [5.41, 5.74) is 27.0. The highest BCUT2D eigenvalue weighted by Gasteiger charge is 2.46. The average molecular weight is 1360 g/mol. The summed E-state index contributed by atoms with van der Waals surface area (Å²) in [5.74, 6) is 1.70. The number of ether oxygens (including phenoxy) is 1. The molecule has 0 atom stereocenters. The van der Waals surface area contributed by atoms with E-state index < -0.39 is 0 Å². The maximum atomic E-state index is 7.98. The van der Waals surface area contributed by atoms with Gasteiger partial charge in [0.05, 0.1) is 50.2 Å². The highest BCUT2D eigenvalue weighted by Crippen LogP contribution is 2.52. The smallest absolute Gasteiger partial charge is 0.258 e. The Hall–Kier alpha value is -10.1. The molecule has 2 aliphatic heterocycles. The van der Waals surface area contributed by atoms with Gasteiger partial charge in [-0.2, -0.15) is 0 Å². The first-order valence-electron chi connectivity index (χ1n) is 37.1. The monoisotopic (exact) mass is 1360 g/mol. The van der Waals surface area contributed by atoms with Crippen molar-refractivity contribution in [2.45, 2.75) is 157 Å². The van der Waals surface area contributed by atoms with Crippen molar-refractivity contribution in [3.05, 3.63) is 258 Å². The topological polar surface area (TPSA) is 27.3 Å². The van der Waals surface area contributed by atoms with Crippen molar-refractivity contribution in [3.63, 3.8) is 0 Å². The zero-order valence-corrected chi connectivity index (χ0v) is 63.9. The standard InChI is InChI=1S/C96H91BN4OS/c1-91(2,3)57-32-40-75-67(46-57)68-47-58(92(4,5)6)33-41-76(68)98(75)63-38-39-73-84(53-63)102-85-54-64(99-77-42-34-59(93(7,8)9)48-69(77)70-49-60(94(10,11)12)35-43-78(70)99)52-82-88(85)97(73)89-83(101(82)74-30-24-22-28-65(74)56-26-20-19-21-27-56)55-81(87-66-29-23-25-31-86(66)103-90(87)89)100-79-44-36-61(95(13,14)15)50-71(79)72-51-62(96(16,17)18)37-45-80(72)100/h19-55H,1-18H3. The number of hydrogen-bond acceptors (Lipinski definition) is 3. The molecule has 4 aromatic heterocycles. The van der Waals surface area contributed by atoms with Gasteiger partial charge in [0.1, 0.15) is 11.5 Å². The molecule has 0 saturated carbocycles. The summed E-state index contributed by atoms with van der Waals surface area (Å²) in [7, 11) is 0. The SMILES string of the molecule is CC(C)(C)c1ccc2c(c1)c1cc(C(C)(C)C)ccc1n2-c1ccc2c(c1)Oc1cc(-n3c4ccc(C(C)(C)C)cc4c4cc(C(C)(C)C)ccc43)cc3c1B2c1c(cc(-n2c4ccc(C(C)(C)C)cc4c4cc(C(C)(C)C)ccc42)c2c1sc1ccccc12)N3c1ccccc1-c1ccccc1. The minimum atomic E-state index is -0.262. The van der Waals surface area contributed by atoms with Crippen LogP contribution in [0.25, 0.3) is 114 Å². The van der Waals surface area contributed by atoms with Crippen LogP contribution in [-0.4, -0.2) is 20.4 Å². The van der Waals surface area contributed by atoms with E-state index in [9.17, 15) is 0 Å². The molecule has 0 radical (unpaired) electrons. The second kappa shape index (κ2) is 22.2. The molecule has 2 aliphatic rings. The molecule has 0 fully saturated rings. The van der Waals surface area contributed by atoms with Crippen LogP contribution in [-0.2, 0) is 32.5 Å². The van der Waals surface area contributed by atoms with Crippen molar-refractivity contribution < 1.29 is 4.74 Å². The highest BCUT2D eigenvalue weighted by atomic mass is 32.1. The molecule has 0 unspecified atom stereocenters. The molecule has 0 spiro atoms. The number of aromatic nitrogens is 3. The third-order valence-corrected chi connectivity index (χ3v) is 24.0. The number of hydrogen-bond donors (Lipinski definition) is 0. The number of anilines is 3. The van der Waals surface area contributed by atoms with E-state index in [2.05, 4.69) is 368 Å². The molecular formula is C96H91BN4OS. The Balaban J connectivity index is 0.995. The lowest BCUT2D eigenvalue weighted by Gasteiger charge is -2.41. The normalized spacial score (nSPS) is 13.8. The van der Waals surface area contributed by atoms with Crippen molar-refractivity contribution in [1.29, 1.82) is 0 Å². The predicted octanol–water partition coefficient (Wildman–Crippen LogP) is 25.2. The van der Waals surface area contributed by atoms with E-state index in [0.29, 0.717) is 0 Å². The van der Waals surface area contributed by atoms with Crippen LogP contribution in [0.5, 0.6) is 11.5 Å². The summed E-state index contributed by atoms with van der Waals surface area (Å²) in [5, 5.41) is 10.0. The van der Waals surface area contributed by atoms with E-state index in [4.69, 9.17) is 4.74 Å². The molecule has 18 rings (SSSR count). The summed E-state index contributed by atoms with van der Waals surface area (Å²) in [6.07, 6.45) is 0. The molecule has 0 saturated heterocycles. The molecule has 0 amide bonds. The highest BCUT2D eigenvalue weighted by molar-refractivity contribution is 7.28. The molecule has 12 aromatic carbocycles. The van der Waals surface area contributed by atoms with E-state index >= 15 is 0 Å². The molecule has 0 aliphatic carbocycles. The molecule has 103 heavy (non-hydrogen) atoms. The summed E-state index contributed by atoms with van der Waals surface area (Å²) in [6.45, 7) is 41.7. The second-order valence-corrected chi connectivity index (χ2v) is 36.9. The van der Waals surface area contributed by atoms with Gasteiger partial charge in [-0.3, -0.25) is 0 Å². The zero-order valence-electron chi connectivity index (χ0n) is 63.0. The van der Waals surface area contributed by atoms with Crippen LogP contribution in [0, 0.1) is 0 Å². The molecule has 16 aromatic rings. The fourth-order valence-corrected chi connectivity index (χ4v) is 18.3. The Kier molecular flexibility index (Phi) is 14.0. The minimum absolute atomic E-state index is 0.0369. The van der Waals surface area contributed by atoms with Crippen molar-refractivity contribution in [2.75, 3.05) is 4.90 Å². The fraction of sp³-hybridized carbons (Fsp3) is 0.250. The number of benzene rings is 12. The summed E-state index contributed by atoms with van der Waals surface area (Å²) < 4.78 is 18.2. The second-order valence-electron chi connectivity index (χ2n) is 35.9. The van der Waals surface area contributed by atoms with Gasteiger partial charge in [-0.05, 0) is 191 Å². The number of rotatable bonds is 5. The van der Waals surface area contributed by atoms with Crippen molar-refractivity contribution >= 4 is 137 Å². The van der Waals surface area contributed by atoms with Crippen molar-refractivity contribution in [1.82, 2.24) is 13.7 Å². The molecular weight excluding hydrogens is 1270 g/mol. The largest absolute Gasteiger partial charge is 0.458 e.